The molecule has 0 saturated heterocycles. The minimum Gasteiger partial charge on any atom is -0.409 e. The maximum Gasteiger partial charge on any atom is 0.189 e. The van der Waals surface area contributed by atoms with Crippen LogP contribution in [0.5, 0.6) is 0 Å². The van der Waals surface area contributed by atoms with Gasteiger partial charge in [-0.1, -0.05) is 30.5 Å². The highest BCUT2D eigenvalue weighted by Gasteiger charge is 2.17. The van der Waals surface area contributed by atoms with Gasteiger partial charge in [-0.25, -0.2) is 0 Å². The molecule has 0 amide bonds. The Morgan fingerprint density at radius 3 is 2.90 bits per heavy atom. The van der Waals surface area contributed by atoms with Crippen LogP contribution in [0.3, 0.4) is 0 Å². The average Bonchev–Trinajstić information content (AvgIpc) is 2.48. The van der Waals surface area contributed by atoms with Crippen molar-refractivity contribution in [1.29, 1.82) is 0 Å². The van der Waals surface area contributed by atoms with Gasteiger partial charge < -0.3 is 15.8 Å². The Balaban J connectivity index is 1.98. The third-order valence-corrected chi connectivity index (χ3v) is 3.98. The Hall–Kier alpha value is -1.62. The molecule has 0 unspecified atom stereocenters. The number of nitrogens with two attached hydrogens (primary N) is 1. The lowest BCUT2D eigenvalue weighted by molar-refractivity contribution is 0.228. The van der Waals surface area contributed by atoms with Crippen molar-refractivity contribution in [1.82, 2.24) is 9.88 Å². The van der Waals surface area contributed by atoms with Gasteiger partial charge >= 0.3 is 0 Å². The van der Waals surface area contributed by atoms with Gasteiger partial charge in [-0.05, 0) is 37.4 Å². The Kier molecular flexibility index (Phi) is 5.35. The molecule has 1 fully saturated rings. The van der Waals surface area contributed by atoms with Gasteiger partial charge in [0, 0.05) is 19.3 Å². The first-order chi connectivity index (χ1) is 9.70. The summed E-state index contributed by atoms with van der Waals surface area (Å²) in [5, 5.41) is 11.9. The Labute approximate surface area is 120 Å². The van der Waals surface area contributed by atoms with Crippen molar-refractivity contribution in [3.63, 3.8) is 0 Å². The lowest BCUT2D eigenvalue weighted by Gasteiger charge is -2.27. The third-order valence-electron chi connectivity index (χ3n) is 3.98. The smallest absolute Gasteiger partial charge is 0.189 e. The Morgan fingerprint density at radius 1 is 1.45 bits per heavy atom. The molecule has 110 valence electrons. The number of amidine groups is 1. The second-order valence-electron chi connectivity index (χ2n) is 5.70. The molecule has 3 N–H and O–H groups in total. The van der Waals surface area contributed by atoms with Gasteiger partial charge in [0.15, 0.2) is 5.84 Å². The largest absolute Gasteiger partial charge is 0.409 e. The van der Waals surface area contributed by atoms with E-state index in [1.54, 1.807) is 6.20 Å². The average molecular weight is 276 g/mol. The summed E-state index contributed by atoms with van der Waals surface area (Å²) in [5.74, 6) is 0.879. The monoisotopic (exact) mass is 276 g/mol. The maximum absolute atomic E-state index is 8.82. The fourth-order valence-corrected chi connectivity index (χ4v) is 3.01. The van der Waals surface area contributed by atoms with E-state index in [0.717, 1.165) is 24.6 Å². The Bertz CT molecular complexity index is 455. The van der Waals surface area contributed by atoms with Crippen molar-refractivity contribution in [2.24, 2.45) is 16.8 Å². The quantitative estimate of drug-likeness (QED) is 0.374. The van der Waals surface area contributed by atoms with Crippen LogP contribution in [0, 0.1) is 5.92 Å². The molecule has 20 heavy (non-hydrogen) atoms. The molecular weight excluding hydrogens is 252 g/mol. The molecule has 0 bridgehead atoms. The van der Waals surface area contributed by atoms with Crippen LogP contribution in [-0.4, -0.2) is 34.5 Å². The molecular formula is C15H24N4O. The summed E-state index contributed by atoms with van der Waals surface area (Å²) in [4.78, 5) is 6.51. The number of rotatable bonds is 5. The molecule has 1 aliphatic rings. The Morgan fingerprint density at radius 2 is 2.20 bits per heavy atom. The molecule has 2 rings (SSSR count). The standard InChI is InChI=1S/C15H24N4O/c1-19(10-12-6-3-2-4-7-12)11-13-8-5-9-17-14(13)15(16)18-20/h5,8-9,12,20H,2-4,6-7,10-11H2,1H3,(H2,16,18). The third kappa shape index (κ3) is 3.93. The first kappa shape index (κ1) is 14.8. The van der Waals surface area contributed by atoms with E-state index in [2.05, 4.69) is 22.1 Å². The zero-order chi connectivity index (χ0) is 14.4. The molecule has 0 radical (unpaired) electrons. The second-order valence-corrected chi connectivity index (χ2v) is 5.70. The highest BCUT2D eigenvalue weighted by molar-refractivity contribution is 5.96. The normalized spacial score (nSPS) is 17.6. The number of oxime groups is 1. The van der Waals surface area contributed by atoms with Crippen molar-refractivity contribution in [2.75, 3.05) is 13.6 Å². The van der Waals surface area contributed by atoms with Crippen LogP contribution in [0.4, 0.5) is 0 Å². The van der Waals surface area contributed by atoms with E-state index < -0.39 is 0 Å². The molecule has 0 aromatic carbocycles. The number of hydrogen-bond acceptors (Lipinski definition) is 4. The van der Waals surface area contributed by atoms with Crippen LogP contribution < -0.4 is 5.73 Å². The number of aromatic nitrogens is 1. The zero-order valence-electron chi connectivity index (χ0n) is 12.1. The summed E-state index contributed by atoms with van der Waals surface area (Å²) in [6.45, 7) is 1.88. The van der Waals surface area contributed by atoms with E-state index in [9.17, 15) is 0 Å². The summed E-state index contributed by atoms with van der Waals surface area (Å²) in [6, 6.07) is 3.87. The summed E-state index contributed by atoms with van der Waals surface area (Å²) >= 11 is 0. The van der Waals surface area contributed by atoms with Crippen molar-refractivity contribution >= 4 is 5.84 Å². The van der Waals surface area contributed by atoms with Crippen LogP contribution in [0.2, 0.25) is 0 Å². The molecule has 0 spiro atoms. The van der Waals surface area contributed by atoms with E-state index in [1.807, 2.05) is 12.1 Å². The fourth-order valence-electron chi connectivity index (χ4n) is 3.01. The van der Waals surface area contributed by atoms with Crippen LogP contribution in [0.1, 0.15) is 43.4 Å². The molecule has 1 aliphatic carbocycles. The van der Waals surface area contributed by atoms with Crippen LogP contribution in [0.25, 0.3) is 0 Å². The number of hydrogen-bond donors (Lipinski definition) is 2. The molecule has 0 aliphatic heterocycles. The van der Waals surface area contributed by atoms with Gasteiger partial charge in [-0.3, -0.25) is 4.98 Å². The van der Waals surface area contributed by atoms with E-state index >= 15 is 0 Å². The molecule has 1 saturated carbocycles. The van der Waals surface area contributed by atoms with Crippen LogP contribution in [-0.2, 0) is 6.54 Å². The fraction of sp³-hybridized carbons (Fsp3) is 0.600. The van der Waals surface area contributed by atoms with E-state index in [1.165, 1.54) is 32.1 Å². The number of nitrogens with zero attached hydrogens (tertiary/aromatic N) is 3. The van der Waals surface area contributed by atoms with E-state index in [0.29, 0.717) is 5.69 Å². The van der Waals surface area contributed by atoms with Crippen LogP contribution in [0.15, 0.2) is 23.5 Å². The highest BCUT2D eigenvalue weighted by Crippen LogP contribution is 2.24. The SMILES string of the molecule is CN(Cc1cccnc1C(N)=NO)CC1CCCCC1. The predicted molar refractivity (Wildman–Crippen MR) is 79.7 cm³/mol. The minimum atomic E-state index is 0.0756. The van der Waals surface area contributed by atoms with Crippen molar-refractivity contribution in [3.05, 3.63) is 29.6 Å². The summed E-state index contributed by atoms with van der Waals surface area (Å²) in [7, 11) is 2.12. The zero-order valence-corrected chi connectivity index (χ0v) is 12.1. The van der Waals surface area contributed by atoms with Gasteiger partial charge in [0.2, 0.25) is 0 Å². The van der Waals surface area contributed by atoms with Gasteiger partial charge in [0.1, 0.15) is 5.69 Å². The van der Waals surface area contributed by atoms with E-state index in [-0.39, 0.29) is 5.84 Å². The lowest BCUT2D eigenvalue weighted by Crippen LogP contribution is -2.28. The van der Waals surface area contributed by atoms with Crippen molar-refractivity contribution in [2.45, 2.75) is 38.6 Å². The second kappa shape index (κ2) is 7.24. The van der Waals surface area contributed by atoms with Crippen LogP contribution >= 0.6 is 0 Å². The topological polar surface area (TPSA) is 74.7 Å². The summed E-state index contributed by atoms with van der Waals surface area (Å²) in [5.41, 5.74) is 7.25. The molecule has 5 nitrogen and oxygen atoms in total. The maximum atomic E-state index is 8.82. The molecule has 1 heterocycles. The summed E-state index contributed by atoms with van der Waals surface area (Å²) < 4.78 is 0. The first-order valence-electron chi connectivity index (χ1n) is 7.31. The minimum absolute atomic E-state index is 0.0756. The predicted octanol–water partition coefficient (Wildman–Crippen LogP) is 2.19. The van der Waals surface area contributed by atoms with Crippen molar-refractivity contribution in [3.8, 4) is 0 Å². The first-order valence-corrected chi connectivity index (χ1v) is 7.31. The molecule has 1 aromatic heterocycles. The molecule has 5 heteroatoms. The summed E-state index contributed by atoms with van der Waals surface area (Å²) in [6.07, 6.45) is 8.45. The van der Waals surface area contributed by atoms with Gasteiger partial charge in [0.25, 0.3) is 0 Å². The molecule has 1 aromatic rings. The molecule has 0 atom stereocenters. The van der Waals surface area contributed by atoms with E-state index in [4.69, 9.17) is 10.9 Å². The number of pyridine rings is 1. The van der Waals surface area contributed by atoms with Gasteiger partial charge in [-0.2, -0.15) is 0 Å². The lowest BCUT2D eigenvalue weighted by atomic mass is 9.89. The highest BCUT2D eigenvalue weighted by atomic mass is 16.4. The van der Waals surface area contributed by atoms with Gasteiger partial charge in [-0.15, -0.1) is 0 Å². The van der Waals surface area contributed by atoms with Crippen molar-refractivity contribution < 1.29 is 5.21 Å². The van der Waals surface area contributed by atoms with Gasteiger partial charge in [0.05, 0.1) is 0 Å².